The summed E-state index contributed by atoms with van der Waals surface area (Å²) < 4.78 is 0. The molecule has 0 bridgehead atoms. The van der Waals surface area contributed by atoms with E-state index in [1.807, 2.05) is 33.8 Å². The molecule has 0 saturated carbocycles. The van der Waals surface area contributed by atoms with Crippen molar-refractivity contribution >= 4 is 29.3 Å². The molecule has 1 fully saturated rings. The monoisotopic (exact) mass is 361 g/mol. The number of aryl methyl sites for hydroxylation is 1. The summed E-state index contributed by atoms with van der Waals surface area (Å²) in [6.07, 6.45) is 0.427. The lowest BCUT2D eigenvalue weighted by atomic mass is 9.90. The highest BCUT2D eigenvalue weighted by Crippen LogP contribution is 2.31. The number of benzene rings is 1. The fraction of sp³-hybridized carbons (Fsp3) is 0.526. The first-order valence-electron chi connectivity index (χ1n) is 8.64. The van der Waals surface area contributed by atoms with E-state index in [0.29, 0.717) is 24.3 Å². The molecule has 3 amide bonds. The lowest BCUT2D eigenvalue weighted by Gasteiger charge is -2.22. The number of amides is 3. The molecular formula is C19H27N3O4. The van der Waals surface area contributed by atoms with Gasteiger partial charge in [-0.25, -0.2) is 4.79 Å². The van der Waals surface area contributed by atoms with Crippen LogP contribution in [0.4, 0.5) is 16.2 Å². The van der Waals surface area contributed by atoms with Crippen LogP contribution < -0.4 is 10.6 Å². The third-order valence-corrected chi connectivity index (χ3v) is 4.70. The lowest BCUT2D eigenvalue weighted by molar-refractivity contribution is -0.147. The van der Waals surface area contributed by atoms with E-state index in [0.717, 1.165) is 5.56 Å². The van der Waals surface area contributed by atoms with Crippen molar-refractivity contribution in [2.75, 3.05) is 23.7 Å². The van der Waals surface area contributed by atoms with E-state index in [1.54, 1.807) is 19.1 Å². The van der Waals surface area contributed by atoms with Crippen molar-refractivity contribution in [3.63, 3.8) is 0 Å². The van der Waals surface area contributed by atoms with E-state index in [1.165, 1.54) is 4.90 Å². The average molecular weight is 361 g/mol. The minimum absolute atomic E-state index is 0.115. The van der Waals surface area contributed by atoms with Gasteiger partial charge in [0.05, 0.1) is 5.41 Å². The summed E-state index contributed by atoms with van der Waals surface area (Å²) in [4.78, 5) is 37.5. The Morgan fingerprint density at radius 3 is 2.38 bits per heavy atom. The Bertz CT molecular complexity index is 739. The standard InChI is InChI=1S/C19H27N3O4/c1-12-6-7-13(20-15(23)18(2,3)4)10-14(12)21-17(26)22-9-8-19(5,11-22)16(24)25/h6-7,10H,8-9,11H2,1-5H3,(H,20,23)(H,21,26)(H,24,25). The van der Waals surface area contributed by atoms with Gasteiger partial charge in [-0.3, -0.25) is 9.59 Å². The van der Waals surface area contributed by atoms with Crippen LogP contribution in [0.5, 0.6) is 0 Å². The molecule has 26 heavy (non-hydrogen) atoms. The average Bonchev–Trinajstić information content (AvgIpc) is 2.93. The zero-order valence-corrected chi connectivity index (χ0v) is 16.0. The highest BCUT2D eigenvalue weighted by Gasteiger charge is 2.42. The van der Waals surface area contributed by atoms with Crippen molar-refractivity contribution in [3.8, 4) is 0 Å². The van der Waals surface area contributed by atoms with Crippen LogP contribution in [0.3, 0.4) is 0 Å². The third-order valence-electron chi connectivity index (χ3n) is 4.70. The first-order valence-corrected chi connectivity index (χ1v) is 8.64. The van der Waals surface area contributed by atoms with Gasteiger partial charge in [0.2, 0.25) is 5.91 Å². The molecular weight excluding hydrogens is 334 g/mol. The van der Waals surface area contributed by atoms with Gasteiger partial charge in [-0.1, -0.05) is 26.8 Å². The third kappa shape index (κ3) is 4.33. The van der Waals surface area contributed by atoms with E-state index in [2.05, 4.69) is 10.6 Å². The van der Waals surface area contributed by atoms with Crippen LogP contribution in [-0.2, 0) is 9.59 Å². The Labute approximate surface area is 153 Å². The molecule has 1 aliphatic rings. The van der Waals surface area contributed by atoms with Crippen molar-refractivity contribution in [2.24, 2.45) is 10.8 Å². The van der Waals surface area contributed by atoms with Crippen molar-refractivity contribution in [1.29, 1.82) is 0 Å². The van der Waals surface area contributed by atoms with E-state index < -0.39 is 16.8 Å². The number of carbonyl (C=O) groups excluding carboxylic acids is 2. The first-order chi connectivity index (χ1) is 11.9. The number of anilines is 2. The number of aliphatic carboxylic acids is 1. The Balaban J connectivity index is 2.10. The maximum atomic E-state index is 12.5. The molecule has 1 heterocycles. The van der Waals surface area contributed by atoms with Crippen LogP contribution in [-0.4, -0.2) is 41.0 Å². The number of rotatable bonds is 3. The van der Waals surface area contributed by atoms with Gasteiger partial charge in [-0.05, 0) is 38.0 Å². The molecule has 1 aromatic rings. The Kier molecular flexibility index (Phi) is 5.30. The van der Waals surface area contributed by atoms with Gasteiger partial charge < -0.3 is 20.6 Å². The molecule has 0 spiro atoms. The molecule has 142 valence electrons. The SMILES string of the molecule is Cc1ccc(NC(=O)C(C)(C)C)cc1NC(=O)N1CCC(C)(C(=O)O)C1. The van der Waals surface area contributed by atoms with E-state index in [-0.39, 0.29) is 18.5 Å². The summed E-state index contributed by atoms with van der Waals surface area (Å²) in [5, 5.41) is 15.0. The number of carboxylic acids is 1. The zero-order valence-electron chi connectivity index (χ0n) is 16.0. The normalized spacial score (nSPS) is 20.0. The topological polar surface area (TPSA) is 98.7 Å². The van der Waals surface area contributed by atoms with Crippen LogP contribution in [0.2, 0.25) is 0 Å². The largest absolute Gasteiger partial charge is 0.481 e. The van der Waals surface area contributed by atoms with Crippen LogP contribution in [0.25, 0.3) is 0 Å². The fourth-order valence-corrected chi connectivity index (χ4v) is 2.66. The van der Waals surface area contributed by atoms with E-state index in [4.69, 9.17) is 0 Å². The molecule has 0 radical (unpaired) electrons. The summed E-state index contributed by atoms with van der Waals surface area (Å²) in [6, 6.07) is 4.98. The van der Waals surface area contributed by atoms with Crippen LogP contribution in [0.1, 0.15) is 39.7 Å². The molecule has 0 aromatic heterocycles. The summed E-state index contributed by atoms with van der Waals surface area (Å²) in [7, 11) is 0. The number of urea groups is 1. The molecule has 2 rings (SSSR count). The van der Waals surface area contributed by atoms with Gasteiger partial charge in [0.1, 0.15) is 0 Å². The van der Waals surface area contributed by atoms with Crippen LogP contribution >= 0.6 is 0 Å². The van der Waals surface area contributed by atoms with Crippen molar-refractivity contribution in [2.45, 2.75) is 41.0 Å². The van der Waals surface area contributed by atoms with E-state index >= 15 is 0 Å². The Morgan fingerprint density at radius 1 is 1.19 bits per heavy atom. The maximum absolute atomic E-state index is 12.5. The molecule has 7 heteroatoms. The minimum Gasteiger partial charge on any atom is -0.481 e. The first kappa shape index (κ1) is 19.8. The van der Waals surface area contributed by atoms with Gasteiger partial charge in [0.15, 0.2) is 0 Å². The molecule has 3 N–H and O–H groups in total. The van der Waals surface area contributed by atoms with Crippen molar-refractivity contribution < 1.29 is 19.5 Å². The number of nitrogens with one attached hydrogen (secondary N) is 2. The quantitative estimate of drug-likeness (QED) is 0.769. The molecule has 1 unspecified atom stereocenters. The highest BCUT2D eigenvalue weighted by molar-refractivity contribution is 5.96. The Morgan fingerprint density at radius 2 is 1.85 bits per heavy atom. The smallest absolute Gasteiger partial charge is 0.321 e. The molecule has 1 aliphatic heterocycles. The number of hydrogen-bond acceptors (Lipinski definition) is 3. The predicted octanol–water partition coefficient (Wildman–Crippen LogP) is 3.31. The summed E-state index contributed by atoms with van der Waals surface area (Å²) >= 11 is 0. The van der Waals surface area contributed by atoms with Gasteiger partial charge in [0, 0.05) is 29.9 Å². The van der Waals surface area contributed by atoms with Gasteiger partial charge >= 0.3 is 12.0 Å². The fourth-order valence-electron chi connectivity index (χ4n) is 2.66. The molecule has 1 saturated heterocycles. The van der Waals surface area contributed by atoms with Gasteiger partial charge in [-0.15, -0.1) is 0 Å². The molecule has 1 atom stereocenters. The number of carbonyl (C=O) groups is 3. The van der Waals surface area contributed by atoms with E-state index in [9.17, 15) is 19.5 Å². The van der Waals surface area contributed by atoms with Gasteiger partial charge in [0.25, 0.3) is 0 Å². The maximum Gasteiger partial charge on any atom is 0.321 e. The van der Waals surface area contributed by atoms with Crippen LogP contribution in [0, 0.1) is 17.8 Å². The van der Waals surface area contributed by atoms with Crippen molar-refractivity contribution in [1.82, 2.24) is 4.90 Å². The summed E-state index contributed by atoms with van der Waals surface area (Å²) in [5.74, 6) is -1.01. The number of likely N-dealkylation sites (tertiary alicyclic amines) is 1. The molecule has 7 nitrogen and oxygen atoms in total. The van der Waals surface area contributed by atoms with Crippen molar-refractivity contribution in [3.05, 3.63) is 23.8 Å². The summed E-state index contributed by atoms with van der Waals surface area (Å²) in [5.41, 5.74) is 0.612. The van der Waals surface area contributed by atoms with Gasteiger partial charge in [-0.2, -0.15) is 0 Å². The second kappa shape index (κ2) is 6.97. The second-order valence-corrected chi connectivity index (χ2v) is 8.20. The number of carboxylic acid groups (broad SMARTS) is 1. The number of nitrogens with zero attached hydrogens (tertiary/aromatic N) is 1. The predicted molar refractivity (Wildman–Crippen MR) is 100 cm³/mol. The highest BCUT2D eigenvalue weighted by atomic mass is 16.4. The summed E-state index contributed by atoms with van der Waals surface area (Å²) in [6.45, 7) is 9.55. The zero-order chi connectivity index (χ0) is 19.7. The minimum atomic E-state index is -0.908. The molecule has 0 aliphatic carbocycles. The van der Waals surface area contributed by atoms with Crippen LogP contribution in [0.15, 0.2) is 18.2 Å². The lowest BCUT2D eigenvalue weighted by Crippen LogP contribution is -2.37. The Hall–Kier alpha value is -2.57. The second-order valence-electron chi connectivity index (χ2n) is 8.20. The molecule has 1 aromatic carbocycles. The number of hydrogen-bond donors (Lipinski definition) is 3.